The molecule has 1 heterocycles. The first-order chi connectivity index (χ1) is 10.3. The van der Waals surface area contributed by atoms with E-state index < -0.39 is 0 Å². The Morgan fingerprint density at radius 1 is 1.00 bits per heavy atom. The van der Waals surface area contributed by atoms with Gasteiger partial charge < -0.3 is 14.8 Å². The summed E-state index contributed by atoms with van der Waals surface area (Å²) in [5, 5.41) is 3.57. The maximum absolute atomic E-state index is 5.79. The van der Waals surface area contributed by atoms with E-state index in [9.17, 15) is 0 Å². The molecule has 0 aromatic heterocycles. The second-order valence-corrected chi connectivity index (χ2v) is 5.49. The van der Waals surface area contributed by atoms with Gasteiger partial charge >= 0.3 is 0 Å². The lowest BCUT2D eigenvalue weighted by Crippen LogP contribution is -2.32. The number of ether oxygens (including phenoxy) is 2. The summed E-state index contributed by atoms with van der Waals surface area (Å²) in [5.41, 5.74) is 1.13. The second kappa shape index (κ2) is 6.64. The van der Waals surface area contributed by atoms with Gasteiger partial charge in [0, 0.05) is 18.3 Å². The summed E-state index contributed by atoms with van der Waals surface area (Å²) in [7, 11) is 0. The van der Waals surface area contributed by atoms with Crippen LogP contribution in [0.3, 0.4) is 0 Å². The van der Waals surface area contributed by atoms with Crippen molar-refractivity contribution in [3.05, 3.63) is 54.6 Å². The van der Waals surface area contributed by atoms with Gasteiger partial charge in [0.15, 0.2) is 0 Å². The number of rotatable bonds is 4. The van der Waals surface area contributed by atoms with Crippen LogP contribution in [0.15, 0.2) is 54.6 Å². The van der Waals surface area contributed by atoms with Crippen LogP contribution in [0, 0.1) is 0 Å². The summed E-state index contributed by atoms with van der Waals surface area (Å²) >= 11 is 0. The van der Waals surface area contributed by atoms with Gasteiger partial charge in [-0.15, -0.1) is 0 Å². The van der Waals surface area contributed by atoms with Gasteiger partial charge in [-0.1, -0.05) is 18.2 Å². The van der Waals surface area contributed by atoms with Crippen molar-refractivity contribution in [1.82, 2.24) is 0 Å². The Kier molecular flexibility index (Phi) is 4.41. The molecule has 21 heavy (non-hydrogen) atoms. The van der Waals surface area contributed by atoms with Crippen molar-refractivity contribution < 1.29 is 9.47 Å². The Hall–Kier alpha value is -2.00. The molecule has 2 aromatic rings. The number of anilines is 1. The molecule has 3 heteroatoms. The van der Waals surface area contributed by atoms with Crippen molar-refractivity contribution in [2.24, 2.45) is 0 Å². The first-order valence-corrected chi connectivity index (χ1v) is 7.51. The van der Waals surface area contributed by atoms with Gasteiger partial charge in [-0.05, 0) is 56.2 Å². The van der Waals surface area contributed by atoms with E-state index in [1.807, 2.05) is 42.5 Å². The molecule has 3 nitrogen and oxygen atoms in total. The lowest BCUT2D eigenvalue weighted by atomic mass is 10.0. The van der Waals surface area contributed by atoms with Crippen LogP contribution in [0.25, 0.3) is 0 Å². The van der Waals surface area contributed by atoms with Crippen LogP contribution in [0.4, 0.5) is 5.69 Å². The summed E-state index contributed by atoms with van der Waals surface area (Å²) in [4.78, 5) is 0. The van der Waals surface area contributed by atoms with Gasteiger partial charge in [0.25, 0.3) is 0 Å². The normalized spacial score (nSPS) is 21.8. The maximum atomic E-state index is 5.79. The molecule has 0 saturated carbocycles. The number of nitrogens with one attached hydrogen (secondary N) is 1. The molecule has 0 aliphatic carbocycles. The molecule has 2 aromatic carbocycles. The van der Waals surface area contributed by atoms with E-state index in [2.05, 4.69) is 24.4 Å². The summed E-state index contributed by atoms with van der Waals surface area (Å²) in [6.45, 7) is 2.97. The SMILES string of the molecule is CC1CC(Nc2ccc(Oc3ccccc3)cc2)CCO1. The van der Waals surface area contributed by atoms with E-state index in [1.54, 1.807) is 0 Å². The van der Waals surface area contributed by atoms with Gasteiger partial charge in [-0.3, -0.25) is 0 Å². The summed E-state index contributed by atoms with van der Waals surface area (Å²) in [6.07, 6.45) is 2.46. The Labute approximate surface area is 125 Å². The summed E-state index contributed by atoms with van der Waals surface area (Å²) in [6, 6.07) is 18.5. The molecule has 1 aliphatic heterocycles. The van der Waals surface area contributed by atoms with Crippen LogP contribution in [0.1, 0.15) is 19.8 Å². The Balaban J connectivity index is 1.59. The minimum Gasteiger partial charge on any atom is -0.457 e. The fraction of sp³-hybridized carbons (Fsp3) is 0.333. The molecular formula is C18H21NO2. The third-order valence-corrected chi connectivity index (χ3v) is 3.69. The molecule has 1 saturated heterocycles. The molecule has 1 aliphatic rings. The highest BCUT2D eigenvalue weighted by atomic mass is 16.5. The largest absolute Gasteiger partial charge is 0.457 e. The van der Waals surface area contributed by atoms with Crippen LogP contribution in [0.5, 0.6) is 11.5 Å². The van der Waals surface area contributed by atoms with Crippen molar-refractivity contribution in [3.8, 4) is 11.5 Å². The van der Waals surface area contributed by atoms with Crippen LogP contribution in [-0.2, 0) is 4.74 Å². The van der Waals surface area contributed by atoms with E-state index in [0.29, 0.717) is 12.1 Å². The van der Waals surface area contributed by atoms with E-state index in [1.165, 1.54) is 0 Å². The van der Waals surface area contributed by atoms with Crippen molar-refractivity contribution in [2.45, 2.75) is 31.9 Å². The monoisotopic (exact) mass is 283 g/mol. The van der Waals surface area contributed by atoms with Crippen LogP contribution >= 0.6 is 0 Å². The lowest BCUT2D eigenvalue weighted by Gasteiger charge is -2.28. The molecule has 0 amide bonds. The molecule has 3 rings (SSSR count). The number of benzene rings is 2. The smallest absolute Gasteiger partial charge is 0.127 e. The number of hydrogen-bond acceptors (Lipinski definition) is 3. The zero-order chi connectivity index (χ0) is 14.5. The average molecular weight is 283 g/mol. The highest BCUT2D eigenvalue weighted by molar-refractivity contribution is 5.48. The fourth-order valence-corrected chi connectivity index (χ4v) is 2.61. The lowest BCUT2D eigenvalue weighted by molar-refractivity contribution is 0.0232. The zero-order valence-corrected chi connectivity index (χ0v) is 12.3. The third kappa shape index (κ3) is 3.99. The van der Waals surface area contributed by atoms with Crippen molar-refractivity contribution in [2.75, 3.05) is 11.9 Å². The predicted molar refractivity (Wildman–Crippen MR) is 85.0 cm³/mol. The van der Waals surface area contributed by atoms with Gasteiger partial charge in [-0.2, -0.15) is 0 Å². The van der Waals surface area contributed by atoms with E-state index in [-0.39, 0.29) is 0 Å². The highest BCUT2D eigenvalue weighted by Crippen LogP contribution is 2.24. The molecule has 1 N–H and O–H groups in total. The molecule has 110 valence electrons. The van der Waals surface area contributed by atoms with Crippen LogP contribution in [0.2, 0.25) is 0 Å². The van der Waals surface area contributed by atoms with Crippen LogP contribution < -0.4 is 10.1 Å². The van der Waals surface area contributed by atoms with Crippen molar-refractivity contribution in [1.29, 1.82) is 0 Å². The van der Waals surface area contributed by atoms with Gasteiger partial charge in [-0.25, -0.2) is 0 Å². The first-order valence-electron chi connectivity index (χ1n) is 7.51. The first kappa shape index (κ1) is 14.0. The van der Waals surface area contributed by atoms with Gasteiger partial charge in [0.05, 0.1) is 6.10 Å². The topological polar surface area (TPSA) is 30.5 Å². The molecule has 0 spiro atoms. The minimum atomic E-state index is 0.344. The quantitative estimate of drug-likeness (QED) is 0.898. The fourth-order valence-electron chi connectivity index (χ4n) is 2.61. The maximum Gasteiger partial charge on any atom is 0.127 e. The number of hydrogen-bond donors (Lipinski definition) is 1. The van der Waals surface area contributed by atoms with Crippen LogP contribution in [-0.4, -0.2) is 18.8 Å². The zero-order valence-electron chi connectivity index (χ0n) is 12.3. The highest BCUT2D eigenvalue weighted by Gasteiger charge is 2.18. The van der Waals surface area contributed by atoms with Crippen molar-refractivity contribution >= 4 is 5.69 Å². The van der Waals surface area contributed by atoms with Gasteiger partial charge in [0.2, 0.25) is 0 Å². The minimum absolute atomic E-state index is 0.344. The number of para-hydroxylation sites is 1. The molecule has 0 radical (unpaired) electrons. The Bertz CT molecular complexity index is 553. The molecule has 2 unspecified atom stereocenters. The third-order valence-electron chi connectivity index (χ3n) is 3.69. The summed E-state index contributed by atoms with van der Waals surface area (Å²) < 4.78 is 11.4. The molecule has 0 bridgehead atoms. The molecule has 1 fully saturated rings. The van der Waals surface area contributed by atoms with E-state index in [0.717, 1.165) is 36.6 Å². The average Bonchev–Trinajstić information content (AvgIpc) is 2.50. The Morgan fingerprint density at radius 3 is 2.43 bits per heavy atom. The standard InChI is InChI=1S/C18H21NO2/c1-14-13-16(11-12-20-14)19-15-7-9-18(10-8-15)21-17-5-3-2-4-6-17/h2-10,14,16,19H,11-13H2,1H3. The predicted octanol–water partition coefficient (Wildman–Crippen LogP) is 4.46. The van der Waals surface area contributed by atoms with Gasteiger partial charge in [0.1, 0.15) is 11.5 Å². The van der Waals surface area contributed by atoms with E-state index in [4.69, 9.17) is 9.47 Å². The Morgan fingerprint density at radius 2 is 1.71 bits per heavy atom. The molecule has 2 atom stereocenters. The second-order valence-electron chi connectivity index (χ2n) is 5.49. The summed E-state index contributed by atoms with van der Waals surface area (Å²) in [5.74, 6) is 1.71. The van der Waals surface area contributed by atoms with E-state index >= 15 is 0 Å². The molecular weight excluding hydrogens is 262 g/mol. The van der Waals surface area contributed by atoms with Crippen molar-refractivity contribution in [3.63, 3.8) is 0 Å².